The van der Waals surface area contributed by atoms with Crippen LogP contribution in [0.25, 0.3) is 0 Å². The van der Waals surface area contributed by atoms with E-state index in [1.165, 1.54) is 38.5 Å². The maximum atomic E-state index is 12.2. The molecule has 0 N–H and O–H groups in total. The van der Waals surface area contributed by atoms with E-state index < -0.39 is 0 Å². The van der Waals surface area contributed by atoms with Crippen LogP contribution in [0.1, 0.15) is 72.1 Å². The molecule has 18 heavy (non-hydrogen) atoms. The van der Waals surface area contributed by atoms with Crippen molar-refractivity contribution in [2.45, 2.75) is 72.1 Å². The van der Waals surface area contributed by atoms with Gasteiger partial charge in [0.2, 0.25) is 0 Å². The van der Waals surface area contributed by atoms with Gasteiger partial charge < -0.3 is 0 Å². The zero-order valence-electron chi connectivity index (χ0n) is 12.3. The molecule has 0 aliphatic heterocycles. The first-order chi connectivity index (χ1) is 8.47. The van der Waals surface area contributed by atoms with Gasteiger partial charge in [0.25, 0.3) is 0 Å². The van der Waals surface area contributed by atoms with Gasteiger partial charge in [-0.3, -0.25) is 4.79 Å². The van der Waals surface area contributed by atoms with E-state index in [4.69, 9.17) is 0 Å². The largest absolute Gasteiger partial charge is 0.299 e. The smallest absolute Gasteiger partial charge is 0.135 e. The Morgan fingerprint density at radius 2 is 2.00 bits per heavy atom. The van der Waals surface area contributed by atoms with Crippen molar-refractivity contribution in [2.24, 2.45) is 28.6 Å². The monoisotopic (exact) mass is 248 g/mol. The van der Waals surface area contributed by atoms with Crippen molar-refractivity contribution in [2.75, 3.05) is 0 Å². The van der Waals surface area contributed by atoms with Gasteiger partial charge in [-0.1, -0.05) is 27.2 Å². The highest BCUT2D eigenvalue weighted by atomic mass is 16.1. The Kier molecular flexibility index (Phi) is 2.88. The Morgan fingerprint density at radius 3 is 2.56 bits per heavy atom. The minimum absolute atomic E-state index is 0.400. The number of hydrogen-bond donors (Lipinski definition) is 0. The molecule has 3 aliphatic rings. The van der Waals surface area contributed by atoms with Gasteiger partial charge in [-0.2, -0.15) is 0 Å². The van der Waals surface area contributed by atoms with E-state index in [2.05, 4.69) is 20.8 Å². The van der Waals surface area contributed by atoms with E-state index in [0.717, 1.165) is 24.7 Å². The quantitative estimate of drug-likeness (QED) is 0.698. The molecule has 3 fully saturated rings. The van der Waals surface area contributed by atoms with E-state index in [1.54, 1.807) is 0 Å². The summed E-state index contributed by atoms with van der Waals surface area (Å²) in [4.78, 5) is 12.2. The zero-order valence-corrected chi connectivity index (χ0v) is 12.3. The highest BCUT2D eigenvalue weighted by Crippen LogP contribution is 2.70. The van der Waals surface area contributed by atoms with Gasteiger partial charge in [0.1, 0.15) is 5.78 Å². The molecule has 2 bridgehead atoms. The lowest BCUT2D eigenvalue weighted by atomic mass is 9.60. The Bertz CT molecular complexity index is 357. The third kappa shape index (κ3) is 1.55. The highest BCUT2D eigenvalue weighted by molar-refractivity contribution is 5.81. The van der Waals surface area contributed by atoms with Crippen LogP contribution in [0, 0.1) is 28.6 Å². The number of ketones is 1. The van der Waals surface area contributed by atoms with Crippen molar-refractivity contribution in [1.29, 1.82) is 0 Å². The number of Topliss-reactive ketones (excluding diaryl/α,β-unsaturated/α-hetero) is 1. The van der Waals surface area contributed by atoms with Crippen LogP contribution in [0.15, 0.2) is 0 Å². The summed E-state index contributed by atoms with van der Waals surface area (Å²) in [6, 6.07) is 0. The standard InChI is InChI=1S/C17H28O/c1-12-10-14-8-9-17(12,16(14,2)3)11-13-6-4-5-7-15(13)18/h12-14H,4-11H2,1-3H3. The Morgan fingerprint density at radius 1 is 1.22 bits per heavy atom. The van der Waals surface area contributed by atoms with Gasteiger partial charge >= 0.3 is 0 Å². The number of carbonyl (C=O) groups is 1. The van der Waals surface area contributed by atoms with E-state index in [9.17, 15) is 4.79 Å². The van der Waals surface area contributed by atoms with Crippen LogP contribution in [0.4, 0.5) is 0 Å². The SMILES string of the molecule is CC1CC2CCC1(CC1CCCCC1=O)C2(C)C. The zero-order chi connectivity index (χ0) is 13.0. The third-order valence-electron chi connectivity index (χ3n) is 7.12. The van der Waals surface area contributed by atoms with E-state index in [0.29, 0.717) is 22.5 Å². The predicted molar refractivity (Wildman–Crippen MR) is 74.3 cm³/mol. The first-order valence-corrected chi connectivity index (χ1v) is 8.00. The van der Waals surface area contributed by atoms with Crippen molar-refractivity contribution in [3.05, 3.63) is 0 Å². The molecule has 4 atom stereocenters. The molecule has 0 aromatic carbocycles. The minimum atomic E-state index is 0.400. The Hall–Kier alpha value is -0.330. The maximum absolute atomic E-state index is 12.2. The molecule has 4 unspecified atom stereocenters. The molecule has 0 aromatic rings. The molecule has 0 spiro atoms. The van der Waals surface area contributed by atoms with Gasteiger partial charge in [-0.05, 0) is 61.2 Å². The van der Waals surface area contributed by atoms with Gasteiger partial charge in [0, 0.05) is 12.3 Å². The van der Waals surface area contributed by atoms with Crippen LogP contribution in [0.2, 0.25) is 0 Å². The van der Waals surface area contributed by atoms with Crippen LogP contribution in [0.5, 0.6) is 0 Å². The lowest BCUT2D eigenvalue weighted by Gasteiger charge is -2.44. The fourth-order valence-corrected chi connectivity index (χ4v) is 5.74. The summed E-state index contributed by atoms with van der Waals surface area (Å²) in [7, 11) is 0. The maximum Gasteiger partial charge on any atom is 0.135 e. The van der Waals surface area contributed by atoms with Crippen LogP contribution in [-0.2, 0) is 4.79 Å². The first-order valence-electron chi connectivity index (χ1n) is 8.00. The summed E-state index contributed by atoms with van der Waals surface area (Å²) in [5, 5.41) is 0. The molecule has 1 nitrogen and oxygen atoms in total. The second kappa shape index (κ2) is 4.08. The van der Waals surface area contributed by atoms with Crippen molar-refractivity contribution < 1.29 is 4.79 Å². The summed E-state index contributed by atoms with van der Waals surface area (Å²) in [5.41, 5.74) is 0.958. The van der Waals surface area contributed by atoms with Crippen LogP contribution in [-0.4, -0.2) is 5.78 Å². The Labute approximate surface area is 112 Å². The van der Waals surface area contributed by atoms with Crippen LogP contribution < -0.4 is 0 Å². The lowest BCUT2D eigenvalue weighted by molar-refractivity contribution is -0.126. The van der Waals surface area contributed by atoms with Crippen molar-refractivity contribution in [1.82, 2.24) is 0 Å². The summed E-state index contributed by atoms with van der Waals surface area (Å²) in [5.74, 6) is 2.73. The second-order valence-corrected chi connectivity index (χ2v) is 7.86. The molecule has 3 rings (SSSR count). The van der Waals surface area contributed by atoms with E-state index >= 15 is 0 Å². The summed E-state index contributed by atoms with van der Waals surface area (Å²) in [6.45, 7) is 7.43. The fourth-order valence-electron chi connectivity index (χ4n) is 5.74. The van der Waals surface area contributed by atoms with Gasteiger partial charge in [0.05, 0.1) is 0 Å². The molecular formula is C17H28O. The first kappa shape index (κ1) is 12.7. The molecule has 3 saturated carbocycles. The second-order valence-electron chi connectivity index (χ2n) is 7.86. The molecule has 0 aromatic heterocycles. The average molecular weight is 248 g/mol. The van der Waals surface area contributed by atoms with Crippen LogP contribution in [0.3, 0.4) is 0 Å². The molecule has 0 heterocycles. The number of rotatable bonds is 2. The van der Waals surface area contributed by atoms with Crippen LogP contribution >= 0.6 is 0 Å². The average Bonchev–Trinajstić information content (AvgIpc) is 2.66. The topological polar surface area (TPSA) is 17.1 Å². The molecule has 3 aliphatic carbocycles. The fraction of sp³-hybridized carbons (Fsp3) is 0.941. The van der Waals surface area contributed by atoms with Crippen molar-refractivity contribution in [3.8, 4) is 0 Å². The van der Waals surface area contributed by atoms with E-state index in [1.807, 2.05) is 0 Å². The highest BCUT2D eigenvalue weighted by Gasteiger charge is 2.62. The van der Waals surface area contributed by atoms with Gasteiger partial charge in [-0.25, -0.2) is 0 Å². The third-order valence-corrected chi connectivity index (χ3v) is 7.12. The molecule has 0 saturated heterocycles. The van der Waals surface area contributed by atoms with Crippen molar-refractivity contribution >= 4 is 5.78 Å². The number of carbonyl (C=O) groups excluding carboxylic acids is 1. The summed E-state index contributed by atoms with van der Waals surface area (Å²) < 4.78 is 0. The Balaban J connectivity index is 1.83. The van der Waals surface area contributed by atoms with E-state index in [-0.39, 0.29) is 0 Å². The lowest BCUT2D eigenvalue weighted by Crippen LogP contribution is -2.38. The predicted octanol–water partition coefficient (Wildman–Crippen LogP) is 4.60. The molecule has 0 radical (unpaired) electrons. The molecule has 0 amide bonds. The summed E-state index contributed by atoms with van der Waals surface area (Å²) in [6.07, 6.45) is 9.87. The summed E-state index contributed by atoms with van der Waals surface area (Å²) >= 11 is 0. The molecule has 102 valence electrons. The molecule has 1 heteroatoms. The van der Waals surface area contributed by atoms with Gasteiger partial charge in [-0.15, -0.1) is 0 Å². The van der Waals surface area contributed by atoms with Gasteiger partial charge in [0.15, 0.2) is 0 Å². The molecular weight excluding hydrogens is 220 g/mol. The normalized spacial score (nSPS) is 46.6. The van der Waals surface area contributed by atoms with Crippen molar-refractivity contribution in [3.63, 3.8) is 0 Å². The number of fused-ring (bicyclic) bond motifs is 2. The number of hydrogen-bond acceptors (Lipinski definition) is 1. The minimum Gasteiger partial charge on any atom is -0.299 e.